The normalized spacial score (nSPS) is 10.8. The first-order chi connectivity index (χ1) is 15.1. The van der Waals surface area contributed by atoms with E-state index in [1.54, 1.807) is 0 Å². The van der Waals surface area contributed by atoms with Crippen molar-refractivity contribution in [3.8, 4) is 0 Å². The van der Waals surface area contributed by atoms with Crippen molar-refractivity contribution in [2.45, 2.75) is 20.3 Å². The van der Waals surface area contributed by atoms with Crippen LogP contribution in [0.15, 0.2) is 73.1 Å². The topological polar surface area (TPSA) is 84.2 Å². The van der Waals surface area contributed by atoms with Crippen molar-refractivity contribution in [3.63, 3.8) is 0 Å². The first-order valence-electron chi connectivity index (χ1n) is 10.2. The highest BCUT2D eigenvalue weighted by molar-refractivity contribution is 5.97. The van der Waals surface area contributed by atoms with Crippen LogP contribution in [0.1, 0.15) is 19.4 Å². The molecule has 0 atom stereocenters. The van der Waals surface area contributed by atoms with E-state index in [1.165, 1.54) is 11.9 Å². The van der Waals surface area contributed by atoms with Crippen LogP contribution < -0.4 is 10.2 Å². The Labute approximate surface area is 180 Å². The highest BCUT2D eigenvalue weighted by atomic mass is 16.6. The molecule has 0 aliphatic carbocycles. The molecule has 31 heavy (non-hydrogen) atoms. The highest BCUT2D eigenvalue weighted by Gasteiger charge is 2.28. The molecule has 0 saturated carbocycles. The lowest BCUT2D eigenvalue weighted by Crippen LogP contribution is -2.20. The molecule has 0 bridgehead atoms. The van der Waals surface area contributed by atoms with Gasteiger partial charge in [0.05, 0.1) is 10.6 Å². The van der Waals surface area contributed by atoms with Gasteiger partial charge in [-0.25, -0.2) is 9.97 Å². The third-order valence-electron chi connectivity index (χ3n) is 5.24. The van der Waals surface area contributed by atoms with Crippen molar-refractivity contribution in [3.05, 3.63) is 88.7 Å². The Balaban J connectivity index is 1.81. The van der Waals surface area contributed by atoms with Gasteiger partial charge in [0.1, 0.15) is 6.33 Å². The molecule has 1 heterocycles. The van der Waals surface area contributed by atoms with E-state index in [0.29, 0.717) is 6.54 Å². The average Bonchev–Trinajstić information content (AvgIpc) is 2.80. The van der Waals surface area contributed by atoms with Gasteiger partial charge in [0, 0.05) is 17.6 Å². The Hall–Kier alpha value is -4.00. The molecule has 3 aromatic carbocycles. The first kappa shape index (κ1) is 20.3. The van der Waals surface area contributed by atoms with Crippen LogP contribution in [0, 0.1) is 10.1 Å². The SMILES string of the molecule is CCc1ccc(Nc2ncnc(N(CC)c3cccc4ccccc34)c2[N+](=O)[O-])cc1. The lowest BCUT2D eigenvalue weighted by Gasteiger charge is -2.24. The summed E-state index contributed by atoms with van der Waals surface area (Å²) >= 11 is 0. The second-order valence-electron chi connectivity index (χ2n) is 7.07. The predicted molar refractivity (Wildman–Crippen MR) is 124 cm³/mol. The Morgan fingerprint density at radius 2 is 1.71 bits per heavy atom. The number of aryl methyl sites for hydroxylation is 1. The van der Waals surface area contributed by atoms with Crippen LogP contribution in [0.4, 0.5) is 28.7 Å². The minimum absolute atomic E-state index is 0.156. The van der Waals surface area contributed by atoms with Gasteiger partial charge in [0.15, 0.2) is 0 Å². The molecule has 1 N–H and O–H groups in total. The van der Waals surface area contributed by atoms with Gasteiger partial charge in [-0.15, -0.1) is 0 Å². The van der Waals surface area contributed by atoms with Crippen molar-refractivity contribution in [2.24, 2.45) is 0 Å². The van der Waals surface area contributed by atoms with E-state index >= 15 is 0 Å². The summed E-state index contributed by atoms with van der Waals surface area (Å²) in [6, 6.07) is 21.7. The third-order valence-corrected chi connectivity index (χ3v) is 5.24. The number of hydrogen-bond donors (Lipinski definition) is 1. The Bertz CT molecular complexity index is 1220. The van der Waals surface area contributed by atoms with Gasteiger partial charge < -0.3 is 10.2 Å². The van der Waals surface area contributed by atoms with Crippen LogP contribution in [-0.4, -0.2) is 21.4 Å². The molecule has 7 heteroatoms. The largest absolute Gasteiger partial charge is 0.354 e. The molecule has 4 rings (SSSR count). The molecular weight excluding hydrogens is 390 g/mol. The van der Waals surface area contributed by atoms with Crippen molar-refractivity contribution >= 4 is 39.5 Å². The molecule has 0 aliphatic rings. The number of nitrogens with zero attached hydrogens (tertiary/aromatic N) is 4. The number of benzene rings is 3. The number of nitrogens with one attached hydrogen (secondary N) is 1. The number of nitro groups is 1. The van der Waals surface area contributed by atoms with Crippen molar-refractivity contribution in [2.75, 3.05) is 16.8 Å². The van der Waals surface area contributed by atoms with E-state index in [1.807, 2.05) is 78.6 Å². The zero-order valence-electron chi connectivity index (χ0n) is 17.4. The number of hydrogen-bond acceptors (Lipinski definition) is 6. The van der Waals surface area contributed by atoms with Crippen LogP contribution in [-0.2, 0) is 6.42 Å². The fourth-order valence-corrected chi connectivity index (χ4v) is 3.66. The van der Waals surface area contributed by atoms with Gasteiger partial charge >= 0.3 is 5.69 Å². The number of fused-ring (bicyclic) bond motifs is 1. The molecule has 7 nitrogen and oxygen atoms in total. The van der Waals surface area contributed by atoms with E-state index in [9.17, 15) is 10.1 Å². The van der Waals surface area contributed by atoms with E-state index < -0.39 is 4.92 Å². The molecule has 4 aromatic rings. The van der Waals surface area contributed by atoms with Crippen molar-refractivity contribution in [1.82, 2.24) is 9.97 Å². The van der Waals surface area contributed by atoms with Gasteiger partial charge in [-0.2, -0.15) is 0 Å². The zero-order valence-corrected chi connectivity index (χ0v) is 17.4. The van der Waals surface area contributed by atoms with E-state index in [4.69, 9.17) is 0 Å². The fourth-order valence-electron chi connectivity index (χ4n) is 3.66. The zero-order chi connectivity index (χ0) is 21.8. The van der Waals surface area contributed by atoms with Crippen LogP contribution in [0.5, 0.6) is 0 Å². The standard InChI is InChI=1S/C24H23N5O2/c1-3-17-12-14-19(15-13-17)27-23-22(29(30)31)24(26-16-25-23)28(4-2)21-11-7-9-18-8-5-6-10-20(18)21/h5-16H,3-4H2,1-2H3,(H,25,26,27). The molecule has 0 radical (unpaired) electrons. The smallest absolute Gasteiger partial charge is 0.334 e. The van der Waals surface area contributed by atoms with Gasteiger partial charge in [0.2, 0.25) is 11.6 Å². The fraction of sp³-hybridized carbons (Fsp3) is 0.167. The second-order valence-corrected chi connectivity index (χ2v) is 7.07. The minimum Gasteiger partial charge on any atom is -0.334 e. The number of aromatic nitrogens is 2. The summed E-state index contributed by atoms with van der Waals surface area (Å²) in [7, 11) is 0. The molecule has 1 aromatic heterocycles. The molecule has 0 amide bonds. The van der Waals surface area contributed by atoms with E-state index in [0.717, 1.165) is 28.6 Å². The molecule has 0 fully saturated rings. The predicted octanol–water partition coefficient (Wildman–Crippen LogP) is 6.00. The molecule has 0 aliphatic heterocycles. The summed E-state index contributed by atoms with van der Waals surface area (Å²) in [4.78, 5) is 22.0. The molecule has 0 spiro atoms. The lowest BCUT2D eigenvalue weighted by atomic mass is 10.1. The second kappa shape index (κ2) is 8.79. The van der Waals surface area contributed by atoms with Crippen LogP contribution in [0.25, 0.3) is 10.8 Å². The molecule has 0 saturated heterocycles. The van der Waals surface area contributed by atoms with Gasteiger partial charge in [-0.3, -0.25) is 10.1 Å². The average molecular weight is 413 g/mol. The summed E-state index contributed by atoms with van der Waals surface area (Å²) < 4.78 is 0. The lowest BCUT2D eigenvalue weighted by molar-refractivity contribution is -0.383. The maximum absolute atomic E-state index is 12.1. The summed E-state index contributed by atoms with van der Waals surface area (Å²) in [6.07, 6.45) is 2.29. The monoisotopic (exact) mass is 413 g/mol. The molecule has 156 valence electrons. The van der Waals surface area contributed by atoms with E-state index in [-0.39, 0.29) is 17.3 Å². The van der Waals surface area contributed by atoms with Gasteiger partial charge in [-0.05, 0) is 42.5 Å². The summed E-state index contributed by atoms with van der Waals surface area (Å²) in [5.41, 5.74) is 2.63. The Morgan fingerprint density at radius 1 is 0.968 bits per heavy atom. The highest BCUT2D eigenvalue weighted by Crippen LogP contribution is 2.39. The van der Waals surface area contributed by atoms with Crippen molar-refractivity contribution in [1.29, 1.82) is 0 Å². The number of anilines is 4. The maximum Gasteiger partial charge on any atom is 0.354 e. The van der Waals surface area contributed by atoms with Gasteiger partial charge in [0.25, 0.3) is 0 Å². The first-order valence-corrected chi connectivity index (χ1v) is 10.2. The maximum atomic E-state index is 12.1. The third kappa shape index (κ3) is 4.02. The summed E-state index contributed by atoms with van der Waals surface area (Å²) in [6.45, 7) is 4.54. The minimum atomic E-state index is -0.425. The van der Waals surface area contributed by atoms with Crippen LogP contribution >= 0.6 is 0 Å². The van der Waals surface area contributed by atoms with Crippen LogP contribution in [0.3, 0.4) is 0 Å². The molecular formula is C24H23N5O2. The van der Waals surface area contributed by atoms with Crippen LogP contribution in [0.2, 0.25) is 0 Å². The summed E-state index contributed by atoms with van der Waals surface area (Å²) in [5, 5.41) is 17.3. The summed E-state index contributed by atoms with van der Waals surface area (Å²) in [5.74, 6) is 0.421. The van der Waals surface area contributed by atoms with Gasteiger partial charge in [-0.1, -0.05) is 55.5 Å². The Kier molecular flexibility index (Phi) is 5.75. The molecule has 0 unspecified atom stereocenters. The number of rotatable bonds is 7. The van der Waals surface area contributed by atoms with E-state index in [2.05, 4.69) is 22.2 Å². The quantitative estimate of drug-likeness (QED) is 0.295. The Morgan fingerprint density at radius 3 is 2.42 bits per heavy atom. The van der Waals surface area contributed by atoms with Crippen molar-refractivity contribution < 1.29 is 4.92 Å².